The second-order valence-corrected chi connectivity index (χ2v) is 8.24. The number of carbonyl (C=O) groups excluding carboxylic acids is 2. The van der Waals surface area contributed by atoms with Crippen LogP contribution in [-0.4, -0.2) is 37.0 Å². The normalized spacial score (nSPS) is 13.0. The Morgan fingerprint density at radius 3 is 2.70 bits per heavy atom. The van der Waals surface area contributed by atoms with E-state index in [2.05, 4.69) is 4.99 Å². The molecule has 1 amide bonds. The first kappa shape index (κ1) is 21.0. The first-order valence-corrected chi connectivity index (χ1v) is 11.1. The van der Waals surface area contributed by atoms with E-state index in [0.29, 0.717) is 39.7 Å². The zero-order chi connectivity index (χ0) is 22.9. The first-order valence-electron chi connectivity index (χ1n) is 10.3. The number of thiazole rings is 1. The second-order valence-electron chi connectivity index (χ2n) is 7.23. The van der Waals surface area contributed by atoms with Gasteiger partial charge in [0, 0.05) is 12.1 Å². The highest BCUT2D eigenvalue weighted by Gasteiger charge is 2.21. The van der Waals surface area contributed by atoms with Gasteiger partial charge in [0.1, 0.15) is 12.3 Å². The van der Waals surface area contributed by atoms with Crippen molar-refractivity contribution in [3.8, 4) is 17.2 Å². The molecule has 1 aromatic heterocycles. The van der Waals surface area contributed by atoms with Gasteiger partial charge in [0.15, 0.2) is 16.3 Å². The van der Waals surface area contributed by atoms with Crippen LogP contribution in [0.5, 0.6) is 17.2 Å². The number of ether oxygens (including phenoxy) is 4. The van der Waals surface area contributed by atoms with Crippen molar-refractivity contribution in [2.45, 2.75) is 13.5 Å². The Bertz CT molecular complexity index is 1470. The third-order valence-corrected chi connectivity index (χ3v) is 6.33. The molecule has 0 aliphatic carbocycles. The van der Waals surface area contributed by atoms with Crippen LogP contribution in [0.3, 0.4) is 0 Å². The number of benzene rings is 3. The first-order chi connectivity index (χ1) is 16.1. The van der Waals surface area contributed by atoms with Crippen molar-refractivity contribution < 1.29 is 28.5 Å². The summed E-state index contributed by atoms with van der Waals surface area (Å²) in [5.41, 5.74) is 1.08. The monoisotopic (exact) mass is 464 g/mol. The number of amides is 1. The molecule has 0 fully saturated rings. The maximum absolute atomic E-state index is 13.5. The summed E-state index contributed by atoms with van der Waals surface area (Å²) in [6.07, 6.45) is 0. The van der Waals surface area contributed by atoms with E-state index >= 15 is 0 Å². The van der Waals surface area contributed by atoms with Gasteiger partial charge >= 0.3 is 5.97 Å². The standard InChI is InChI=1S/C24H20N2O6S/c1-3-30-17-9-8-14-6-4-5-7-15(14)22(17)23(28)25-24-26(12-21(27)29-2)16-10-18-19(32-13-31-18)11-20(16)33-24/h4-11H,3,12-13H2,1-2H3. The molecule has 0 spiro atoms. The van der Waals surface area contributed by atoms with Crippen LogP contribution in [0.4, 0.5) is 0 Å². The summed E-state index contributed by atoms with van der Waals surface area (Å²) in [4.78, 5) is 30.4. The van der Waals surface area contributed by atoms with Crippen LogP contribution in [0.2, 0.25) is 0 Å². The topological polar surface area (TPSA) is 88.4 Å². The summed E-state index contributed by atoms with van der Waals surface area (Å²) < 4.78 is 24.0. The Balaban J connectivity index is 1.71. The maximum Gasteiger partial charge on any atom is 0.325 e. The zero-order valence-electron chi connectivity index (χ0n) is 18.0. The van der Waals surface area contributed by atoms with E-state index in [1.54, 1.807) is 16.7 Å². The van der Waals surface area contributed by atoms with Crippen LogP contribution < -0.4 is 19.0 Å². The van der Waals surface area contributed by atoms with E-state index < -0.39 is 11.9 Å². The van der Waals surface area contributed by atoms with Crippen molar-refractivity contribution in [1.82, 2.24) is 4.57 Å². The summed E-state index contributed by atoms with van der Waals surface area (Å²) >= 11 is 1.28. The maximum atomic E-state index is 13.5. The van der Waals surface area contributed by atoms with Crippen molar-refractivity contribution in [3.63, 3.8) is 0 Å². The molecule has 8 nitrogen and oxygen atoms in total. The van der Waals surface area contributed by atoms with E-state index in [-0.39, 0.29) is 13.3 Å². The average Bonchev–Trinajstić information content (AvgIpc) is 3.41. The third-order valence-electron chi connectivity index (χ3n) is 5.29. The van der Waals surface area contributed by atoms with Crippen molar-refractivity contribution >= 4 is 44.2 Å². The molecule has 2 heterocycles. The Labute approximate surface area is 192 Å². The van der Waals surface area contributed by atoms with Gasteiger partial charge in [-0.25, -0.2) is 0 Å². The minimum atomic E-state index is -0.458. The van der Waals surface area contributed by atoms with Crippen LogP contribution in [0.25, 0.3) is 21.0 Å². The number of hydrogen-bond acceptors (Lipinski definition) is 7. The second kappa shape index (κ2) is 8.59. The summed E-state index contributed by atoms with van der Waals surface area (Å²) in [7, 11) is 1.32. The molecular weight excluding hydrogens is 444 g/mol. The fourth-order valence-electron chi connectivity index (χ4n) is 3.78. The fraction of sp³-hybridized carbons (Fsp3) is 0.208. The number of fused-ring (bicyclic) bond motifs is 3. The molecule has 0 radical (unpaired) electrons. The molecule has 168 valence electrons. The summed E-state index contributed by atoms with van der Waals surface area (Å²) in [5, 5.41) is 1.66. The highest BCUT2D eigenvalue weighted by atomic mass is 32.1. The Kier molecular flexibility index (Phi) is 5.47. The lowest BCUT2D eigenvalue weighted by atomic mass is 10.0. The lowest BCUT2D eigenvalue weighted by Crippen LogP contribution is -2.22. The molecule has 0 bridgehead atoms. The van der Waals surface area contributed by atoms with E-state index in [1.165, 1.54) is 18.4 Å². The molecule has 3 aromatic carbocycles. The predicted octanol–water partition coefficient (Wildman–Crippen LogP) is 3.90. The number of aromatic nitrogens is 1. The summed E-state index contributed by atoms with van der Waals surface area (Å²) in [6.45, 7) is 2.31. The largest absolute Gasteiger partial charge is 0.493 e. The van der Waals surface area contributed by atoms with E-state index in [4.69, 9.17) is 18.9 Å². The average molecular weight is 464 g/mol. The molecule has 0 saturated heterocycles. The minimum Gasteiger partial charge on any atom is -0.493 e. The van der Waals surface area contributed by atoms with E-state index in [0.717, 1.165) is 15.5 Å². The van der Waals surface area contributed by atoms with Crippen molar-refractivity contribution in [3.05, 3.63) is 58.9 Å². The van der Waals surface area contributed by atoms with Crippen molar-refractivity contribution in [1.29, 1.82) is 0 Å². The lowest BCUT2D eigenvalue weighted by Gasteiger charge is -2.11. The summed E-state index contributed by atoms with van der Waals surface area (Å²) in [6, 6.07) is 14.9. The number of carbonyl (C=O) groups is 2. The van der Waals surface area contributed by atoms with Gasteiger partial charge in [-0.05, 0) is 23.8 Å². The molecule has 0 unspecified atom stereocenters. The van der Waals surface area contributed by atoms with Gasteiger partial charge in [-0.2, -0.15) is 4.99 Å². The van der Waals surface area contributed by atoms with Crippen molar-refractivity contribution in [2.75, 3.05) is 20.5 Å². The number of nitrogens with zero attached hydrogens (tertiary/aromatic N) is 2. The van der Waals surface area contributed by atoms with Crippen LogP contribution in [0.1, 0.15) is 17.3 Å². The number of methoxy groups -OCH3 is 1. The predicted molar refractivity (Wildman–Crippen MR) is 123 cm³/mol. The highest BCUT2D eigenvalue weighted by Crippen LogP contribution is 2.37. The minimum absolute atomic E-state index is 0.101. The van der Waals surface area contributed by atoms with Crippen LogP contribution >= 0.6 is 11.3 Å². The Hall–Kier alpha value is -3.85. The SMILES string of the molecule is CCOc1ccc2ccccc2c1C(=O)N=c1sc2cc3c(cc2n1CC(=O)OC)OCO3. The zero-order valence-corrected chi connectivity index (χ0v) is 18.8. The van der Waals surface area contributed by atoms with Crippen LogP contribution in [0, 0.1) is 0 Å². The van der Waals surface area contributed by atoms with Gasteiger partial charge < -0.3 is 23.5 Å². The van der Waals surface area contributed by atoms with Crippen LogP contribution in [0.15, 0.2) is 53.5 Å². The summed E-state index contributed by atoms with van der Waals surface area (Å²) in [5.74, 6) is 0.734. The smallest absolute Gasteiger partial charge is 0.325 e. The molecule has 0 N–H and O–H groups in total. The van der Waals surface area contributed by atoms with Gasteiger partial charge in [0.2, 0.25) is 6.79 Å². The molecule has 5 rings (SSSR count). The molecule has 0 saturated carbocycles. The molecule has 0 atom stereocenters. The van der Waals surface area contributed by atoms with Crippen molar-refractivity contribution in [2.24, 2.45) is 4.99 Å². The van der Waals surface area contributed by atoms with Crippen LogP contribution in [-0.2, 0) is 16.1 Å². The number of rotatable bonds is 5. The highest BCUT2D eigenvalue weighted by molar-refractivity contribution is 7.16. The molecule has 4 aromatic rings. The Morgan fingerprint density at radius 1 is 1.12 bits per heavy atom. The molecular formula is C24H20N2O6S. The van der Waals surface area contributed by atoms with Gasteiger partial charge in [-0.15, -0.1) is 0 Å². The molecule has 9 heteroatoms. The fourth-order valence-corrected chi connectivity index (χ4v) is 4.82. The van der Waals surface area contributed by atoms with E-state index in [1.807, 2.05) is 43.3 Å². The van der Waals surface area contributed by atoms with Gasteiger partial charge in [0.05, 0.1) is 29.5 Å². The molecule has 33 heavy (non-hydrogen) atoms. The van der Waals surface area contributed by atoms with Gasteiger partial charge in [-0.1, -0.05) is 41.7 Å². The van der Waals surface area contributed by atoms with Gasteiger partial charge in [0.25, 0.3) is 5.91 Å². The third kappa shape index (κ3) is 3.80. The lowest BCUT2D eigenvalue weighted by molar-refractivity contribution is -0.141. The molecule has 1 aliphatic heterocycles. The molecule has 1 aliphatic rings. The number of esters is 1. The van der Waals surface area contributed by atoms with E-state index in [9.17, 15) is 9.59 Å². The Morgan fingerprint density at radius 2 is 1.91 bits per heavy atom. The number of hydrogen-bond donors (Lipinski definition) is 0. The quantitative estimate of drug-likeness (QED) is 0.416. The van der Waals surface area contributed by atoms with Gasteiger partial charge in [-0.3, -0.25) is 9.59 Å².